The zero-order valence-corrected chi connectivity index (χ0v) is 10.4. The molecule has 0 atom stereocenters. The third-order valence-electron chi connectivity index (χ3n) is 2.23. The summed E-state index contributed by atoms with van der Waals surface area (Å²) in [5, 5.41) is 20.2. The fraction of sp³-hybridized carbons (Fsp3) is 0.400. The van der Waals surface area contributed by atoms with E-state index < -0.39 is 49.4 Å². The van der Waals surface area contributed by atoms with E-state index >= 15 is 0 Å². The second-order valence-corrected chi connectivity index (χ2v) is 3.93. The predicted octanol–water partition coefficient (Wildman–Crippen LogP) is -0.100. The first kappa shape index (κ1) is 16.5. The smallest absolute Gasteiger partial charge is 0.435 e. The molecule has 11 heteroatoms. The summed E-state index contributed by atoms with van der Waals surface area (Å²) >= 11 is 0. The second kappa shape index (κ2) is 6.24. The van der Waals surface area contributed by atoms with E-state index in [0.717, 1.165) is 6.20 Å². The molecule has 0 unspecified atom stereocenters. The van der Waals surface area contributed by atoms with Crippen LogP contribution < -0.4 is 0 Å². The monoisotopic (exact) mass is 309 g/mol. The third-order valence-corrected chi connectivity index (χ3v) is 2.23. The van der Waals surface area contributed by atoms with Gasteiger partial charge >= 0.3 is 18.1 Å². The maximum absolute atomic E-state index is 12.3. The molecule has 0 saturated heterocycles. The minimum atomic E-state index is -4.67. The van der Waals surface area contributed by atoms with E-state index in [1.54, 1.807) is 0 Å². The van der Waals surface area contributed by atoms with E-state index in [9.17, 15) is 27.6 Å². The molecule has 2 N–H and O–H groups in total. The van der Waals surface area contributed by atoms with Crippen molar-refractivity contribution < 1.29 is 37.8 Å². The molecule has 21 heavy (non-hydrogen) atoms. The number of carbonyl (C=O) groups excluding carboxylic acids is 1. The third kappa shape index (κ3) is 5.12. The lowest BCUT2D eigenvalue weighted by molar-refractivity contribution is -0.149. The molecule has 0 aliphatic carbocycles. The second-order valence-electron chi connectivity index (χ2n) is 3.93. The highest BCUT2D eigenvalue weighted by molar-refractivity contribution is 5.84. The number of halogens is 3. The van der Waals surface area contributed by atoms with Crippen molar-refractivity contribution in [1.29, 1.82) is 0 Å². The molecule has 0 saturated carbocycles. The lowest BCUT2D eigenvalue weighted by atomic mass is 10.4. The minimum Gasteiger partial charge on any atom is -0.480 e. The number of carbonyl (C=O) groups is 3. The zero-order chi connectivity index (χ0) is 16.2. The number of hydrogen-bond donors (Lipinski definition) is 2. The largest absolute Gasteiger partial charge is 0.480 e. The van der Waals surface area contributed by atoms with Crippen molar-refractivity contribution in [3.8, 4) is 0 Å². The van der Waals surface area contributed by atoms with Crippen LogP contribution in [0.3, 0.4) is 0 Å². The Kier molecular flexibility index (Phi) is 4.89. The number of amides is 1. The average Bonchev–Trinajstić information content (AvgIpc) is 2.74. The van der Waals surface area contributed by atoms with Crippen LogP contribution in [0, 0.1) is 0 Å². The molecule has 0 bridgehead atoms. The number of aromatic nitrogens is 2. The molecule has 0 aliphatic heterocycles. The summed E-state index contributed by atoms with van der Waals surface area (Å²) in [6.45, 7) is -2.45. The van der Waals surface area contributed by atoms with E-state index in [2.05, 4.69) is 5.10 Å². The molecule has 1 heterocycles. The minimum absolute atomic E-state index is 0.486. The van der Waals surface area contributed by atoms with Crippen LogP contribution in [0.4, 0.5) is 13.2 Å². The maximum Gasteiger partial charge on any atom is 0.435 e. The fourth-order valence-electron chi connectivity index (χ4n) is 1.40. The predicted molar refractivity (Wildman–Crippen MR) is 59.1 cm³/mol. The lowest BCUT2D eigenvalue weighted by Crippen LogP contribution is -2.41. The molecule has 0 fully saturated rings. The van der Waals surface area contributed by atoms with Crippen molar-refractivity contribution in [1.82, 2.24) is 14.7 Å². The number of nitrogens with zero attached hydrogens (tertiary/aromatic N) is 3. The highest BCUT2D eigenvalue weighted by atomic mass is 19.4. The Morgan fingerprint density at radius 3 is 2.10 bits per heavy atom. The van der Waals surface area contributed by atoms with Gasteiger partial charge in [-0.2, -0.15) is 18.3 Å². The molecule has 116 valence electrons. The van der Waals surface area contributed by atoms with Gasteiger partial charge in [0.15, 0.2) is 5.69 Å². The van der Waals surface area contributed by atoms with Gasteiger partial charge in [0.05, 0.1) is 0 Å². The summed E-state index contributed by atoms with van der Waals surface area (Å²) in [7, 11) is 0. The molecule has 0 aliphatic rings. The lowest BCUT2D eigenvalue weighted by Gasteiger charge is -2.18. The van der Waals surface area contributed by atoms with Crippen molar-refractivity contribution in [3.05, 3.63) is 18.0 Å². The van der Waals surface area contributed by atoms with Crippen molar-refractivity contribution in [2.45, 2.75) is 12.7 Å². The van der Waals surface area contributed by atoms with Crippen LogP contribution in [0.25, 0.3) is 0 Å². The van der Waals surface area contributed by atoms with Gasteiger partial charge in [-0.05, 0) is 6.07 Å². The molecule has 1 amide bonds. The van der Waals surface area contributed by atoms with Crippen LogP contribution in [0.2, 0.25) is 0 Å². The number of hydrogen-bond acceptors (Lipinski definition) is 4. The molecule has 1 aromatic heterocycles. The first-order valence-electron chi connectivity index (χ1n) is 5.41. The standard InChI is InChI=1S/C10H10F3N3O5/c11-10(12,13)6-1-2-16(14-6)3-7(17)15(4-8(18)19)5-9(20)21/h1-2H,3-5H2,(H,18,19)(H,20,21). The fourth-order valence-corrected chi connectivity index (χ4v) is 1.40. The quantitative estimate of drug-likeness (QED) is 0.758. The van der Waals surface area contributed by atoms with E-state index in [-0.39, 0.29) is 0 Å². The summed E-state index contributed by atoms with van der Waals surface area (Å²) < 4.78 is 37.6. The van der Waals surface area contributed by atoms with Gasteiger partial charge in [-0.1, -0.05) is 0 Å². The van der Waals surface area contributed by atoms with E-state index in [1.165, 1.54) is 0 Å². The zero-order valence-electron chi connectivity index (χ0n) is 10.4. The Morgan fingerprint density at radius 2 is 1.71 bits per heavy atom. The summed E-state index contributed by atoms with van der Waals surface area (Å²) in [6.07, 6.45) is -3.78. The van der Waals surface area contributed by atoms with Crippen LogP contribution in [0.5, 0.6) is 0 Å². The summed E-state index contributed by atoms with van der Waals surface area (Å²) in [6, 6.07) is 0.645. The number of aliphatic carboxylic acids is 2. The molecule has 0 radical (unpaired) electrons. The SMILES string of the molecule is O=C(O)CN(CC(=O)O)C(=O)Cn1ccc(C(F)(F)F)n1. The number of alkyl halides is 3. The Labute approximate surface area is 115 Å². The average molecular weight is 309 g/mol. The molecule has 0 aromatic carbocycles. The highest BCUT2D eigenvalue weighted by Gasteiger charge is 2.33. The van der Waals surface area contributed by atoms with Gasteiger partial charge < -0.3 is 15.1 Å². The van der Waals surface area contributed by atoms with Gasteiger partial charge in [0.1, 0.15) is 19.6 Å². The number of carboxylic acid groups (broad SMARTS) is 2. The maximum atomic E-state index is 12.3. The van der Waals surface area contributed by atoms with Gasteiger partial charge in [0.25, 0.3) is 0 Å². The molecular weight excluding hydrogens is 299 g/mol. The van der Waals surface area contributed by atoms with Gasteiger partial charge in [-0.25, -0.2) is 0 Å². The molecule has 8 nitrogen and oxygen atoms in total. The van der Waals surface area contributed by atoms with Crippen molar-refractivity contribution in [2.75, 3.05) is 13.1 Å². The van der Waals surface area contributed by atoms with Crippen LogP contribution in [0.1, 0.15) is 5.69 Å². The Balaban J connectivity index is 2.79. The van der Waals surface area contributed by atoms with Crippen molar-refractivity contribution >= 4 is 17.8 Å². The Bertz CT molecular complexity index is 538. The number of rotatable bonds is 6. The highest BCUT2D eigenvalue weighted by Crippen LogP contribution is 2.27. The Morgan fingerprint density at radius 1 is 1.19 bits per heavy atom. The van der Waals surface area contributed by atoms with E-state index in [1.807, 2.05) is 0 Å². The van der Waals surface area contributed by atoms with Crippen molar-refractivity contribution in [2.24, 2.45) is 0 Å². The Hall–Kier alpha value is -2.59. The van der Waals surface area contributed by atoms with Gasteiger partial charge in [0, 0.05) is 6.20 Å². The van der Waals surface area contributed by atoms with Crippen LogP contribution >= 0.6 is 0 Å². The topological polar surface area (TPSA) is 113 Å². The van der Waals surface area contributed by atoms with E-state index in [4.69, 9.17) is 10.2 Å². The van der Waals surface area contributed by atoms with Gasteiger partial charge in [0.2, 0.25) is 5.91 Å². The molecule has 0 spiro atoms. The summed E-state index contributed by atoms with van der Waals surface area (Å²) in [5.74, 6) is -3.86. The van der Waals surface area contributed by atoms with Crippen LogP contribution in [0.15, 0.2) is 12.3 Å². The van der Waals surface area contributed by atoms with Gasteiger partial charge in [-0.3, -0.25) is 19.1 Å². The summed E-state index contributed by atoms with van der Waals surface area (Å²) in [5.41, 5.74) is -1.21. The molecular formula is C10H10F3N3O5. The van der Waals surface area contributed by atoms with Gasteiger partial charge in [-0.15, -0.1) is 0 Å². The first-order chi connectivity index (χ1) is 9.59. The molecule has 1 aromatic rings. The van der Waals surface area contributed by atoms with E-state index in [0.29, 0.717) is 15.6 Å². The first-order valence-corrected chi connectivity index (χ1v) is 5.41. The van der Waals surface area contributed by atoms with Crippen LogP contribution in [-0.4, -0.2) is 55.8 Å². The van der Waals surface area contributed by atoms with Crippen LogP contribution in [-0.2, 0) is 27.1 Å². The van der Waals surface area contributed by atoms with Crippen molar-refractivity contribution in [3.63, 3.8) is 0 Å². The molecule has 1 rings (SSSR count). The summed E-state index contributed by atoms with van der Waals surface area (Å²) in [4.78, 5) is 33.2. The number of carboxylic acids is 2. The normalized spacial score (nSPS) is 11.2.